The number of anilines is 1. The smallest absolute Gasteiger partial charge is 0.390 e. The van der Waals surface area contributed by atoms with Crippen LogP contribution in [-0.2, 0) is 55.3 Å². The molecule has 7 rings (SSSR count). The van der Waals surface area contributed by atoms with Crippen LogP contribution in [0, 0.1) is 32.9 Å². The van der Waals surface area contributed by atoms with Gasteiger partial charge in [-0.2, -0.15) is 4.98 Å². The molecule has 3 saturated heterocycles. The van der Waals surface area contributed by atoms with E-state index >= 15 is 0 Å². The first kappa shape index (κ1) is 54.0. The molecule has 390 valence electrons. The molecule has 1 amide bonds. The number of nitrogens with zero attached hydrogens (tertiary/aromatic N) is 7. The minimum atomic E-state index is -4.85. The highest BCUT2D eigenvalue weighted by atomic mass is 31.2. The Kier molecular flexibility index (Phi) is 17.2. The van der Waals surface area contributed by atoms with Gasteiger partial charge >= 0.3 is 27.0 Å². The molecular weight excluding hydrogens is 996 g/mol. The molecule has 0 aliphatic carbocycles. The summed E-state index contributed by atoms with van der Waals surface area (Å²) in [5.41, 5.74) is -3.28. The van der Waals surface area contributed by atoms with Gasteiger partial charge in [0.2, 0.25) is 24.9 Å². The van der Waals surface area contributed by atoms with Gasteiger partial charge in [-0.25, -0.2) is 36.8 Å². The molecule has 11 unspecified atom stereocenters. The van der Waals surface area contributed by atoms with Crippen LogP contribution >= 0.6 is 15.6 Å². The maximum atomic E-state index is 14.7. The zero-order valence-corrected chi connectivity index (χ0v) is 41.3. The van der Waals surface area contributed by atoms with Crippen molar-refractivity contribution in [2.75, 3.05) is 44.8 Å². The Hall–Kier alpha value is -5.78. The fourth-order valence-corrected chi connectivity index (χ4v) is 10.6. The summed E-state index contributed by atoms with van der Waals surface area (Å²) < 4.78 is 86.3. The summed E-state index contributed by atoms with van der Waals surface area (Å²) in [4.78, 5) is 97.1. The molecule has 0 bridgehead atoms. The van der Waals surface area contributed by atoms with Crippen LogP contribution in [0.15, 0.2) is 42.7 Å². The van der Waals surface area contributed by atoms with Crippen molar-refractivity contribution in [3.8, 4) is 0 Å². The van der Waals surface area contributed by atoms with E-state index in [1.807, 2.05) is 0 Å². The van der Waals surface area contributed by atoms with Crippen LogP contribution in [-0.4, -0.2) is 126 Å². The molecule has 0 radical (unpaired) electrons. The van der Waals surface area contributed by atoms with Crippen molar-refractivity contribution >= 4 is 38.7 Å². The lowest BCUT2D eigenvalue weighted by molar-refractivity contribution is -0.118. The predicted molar refractivity (Wildman–Crippen MR) is 247 cm³/mol. The third-order valence-corrected chi connectivity index (χ3v) is 14.6. The summed E-state index contributed by atoms with van der Waals surface area (Å²) in [7, 11) is -9.60. The second kappa shape index (κ2) is 23.0. The van der Waals surface area contributed by atoms with Gasteiger partial charge in [0.05, 0.1) is 37.9 Å². The lowest BCUT2D eigenvalue weighted by atomic mass is 10.1. The highest BCUT2D eigenvalue weighted by Gasteiger charge is 2.48. The van der Waals surface area contributed by atoms with E-state index in [0.717, 1.165) is 4.57 Å². The van der Waals surface area contributed by atoms with Gasteiger partial charge in [0, 0.05) is 48.7 Å². The minimum absolute atomic E-state index is 0.0655. The van der Waals surface area contributed by atoms with Gasteiger partial charge in [-0.3, -0.25) is 80.3 Å². The molecule has 29 nitrogen and oxygen atoms in total. The van der Waals surface area contributed by atoms with E-state index in [1.54, 1.807) is 20.8 Å². The maximum Gasteiger partial charge on any atom is 0.475 e. The molecule has 4 aromatic rings. The molecule has 3 aliphatic rings. The average molecular weight is 1050 g/mol. The number of aromatic amines is 3. The predicted octanol–water partition coefficient (Wildman–Crippen LogP) is 1.96. The molecular formula is C41H53N11O18P2. The molecule has 4 aromatic heterocycles. The largest absolute Gasteiger partial charge is 0.475 e. The van der Waals surface area contributed by atoms with Crippen molar-refractivity contribution in [1.82, 2.24) is 38.6 Å². The van der Waals surface area contributed by atoms with Crippen molar-refractivity contribution < 1.29 is 60.4 Å². The first-order valence-corrected chi connectivity index (χ1v) is 25.5. The van der Waals surface area contributed by atoms with E-state index < -0.39 is 137 Å². The fourth-order valence-electron chi connectivity index (χ4n) is 7.82. The molecule has 0 saturated carbocycles. The molecule has 3 aliphatic heterocycles. The molecule has 7 heterocycles. The Labute approximate surface area is 407 Å². The number of carbonyl (C=O) groups excluding carboxylic acids is 1. The van der Waals surface area contributed by atoms with E-state index in [2.05, 4.69) is 39.9 Å². The van der Waals surface area contributed by atoms with Gasteiger partial charge in [-0.1, -0.05) is 20.8 Å². The Morgan fingerprint density at radius 1 is 0.778 bits per heavy atom. The first-order chi connectivity index (χ1) is 34.2. The zero-order chi connectivity index (χ0) is 52.1. The number of amides is 1. The topological polar surface area (TPSA) is 349 Å². The van der Waals surface area contributed by atoms with Gasteiger partial charge in [0.25, 0.3) is 16.7 Å². The number of phosphoric ester groups is 2. The Bertz CT molecular complexity index is 3120. The van der Waals surface area contributed by atoms with Crippen molar-refractivity contribution in [2.45, 2.75) is 116 Å². The number of ether oxygens (including phenoxy) is 3. The quantitative estimate of drug-likeness (QED) is 0.0427. The summed E-state index contributed by atoms with van der Waals surface area (Å²) in [6.45, 7) is 19.7. The average Bonchev–Trinajstić information content (AvgIpc) is 4.13. The molecule has 11 atom stereocenters. The molecule has 0 spiro atoms. The molecule has 72 heavy (non-hydrogen) atoms. The SMILES string of the molecule is [C-]#[N+]CCOP(=O)(OCC1OC(n2cnc3c(=O)[nH]c(NC(=O)C(C)C)nc32)CC1OP(=O)(OCC[N+]#[C-])OCC1OC(n2cc(C)c(=O)[nH]c2=O)CC1O)OC1CC(n2cc(C)c(=O)[nH]c2=O)OC1CC. The van der Waals surface area contributed by atoms with E-state index in [4.69, 9.17) is 54.5 Å². The Morgan fingerprint density at radius 3 is 1.82 bits per heavy atom. The molecule has 5 N–H and O–H groups in total. The highest BCUT2D eigenvalue weighted by Crippen LogP contribution is 2.56. The fraction of sp³-hybridized carbons (Fsp3) is 0.610. The second-order valence-corrected chi connectivity index (χ2v) is 20.4. The number of hydrogen-bond acceptors (Lipinski definition) is 20. The first-order valence-electron chi connectivity index (χ1n) is 22.6. The standard InChI is InChI=1S/C41H53N11O18P2/c1-8-25-26(14-31(66-25)51-17-23(5)37(56)49-41(51)59)69-72(61,63-12-10-43-7)65-19-29-27(15-32(68-29)52-20-44-33-34(52)45-39(47-38(33)57)46-35(54)21(2)3)70-71(60,62-11-9-42-6)64-18-28-24(53)13-30(67-28)50-16-22(4)36(55)48-40(50)58/h16-17,20-21,24-32,53H,8-15,18-19H2,1-5H3,(H,48,55,58)(H,49,56,59)(H2,45,46,47,54,57). The van der Waals surface area contributed by atoms with Crippen LogP contribution in [0.3, 0.4) is 0 Å². The number of hydrogen-bond donors (Lipinski definition) is 5. The highest BCUT2D eigenvalue weighted by molar-refractivity contribution is 7.48. The van der Waals surface area contributed by atoms with Crippen LogP contribution < -0.4 is 33.4 Å². The van der Waals surface area contributed by atoms with Crippen molar-refractivity contribution in [3.05, 3.63) is 105 Å². The molecule has 31 heteroatoms. The Balaban J connectivity index is 1.17. The van der Waals surface area contributed by atoms with Crippen molar-refractivity contribution in [1.29, 1.82) is 0 Å². The number of nitrogens with one attached hydrogen (secondary N) is 4. The van der Waals surface area contributed by atoms with Crippen LogP contribution in [0.1, 0.15) is 76.3 Å². The number of H-pyrrole nitrogens is 3. The number of aliphatic hydroxyl groups is 1. The Morgan fingerprint density at radius 2 is 1.28 bits per heavy atom. The minimum Gasteiger partial charge on any atom is -0.390 e. The van der Waals surface area contributed by atoms with Gasteiger partial charge in [-0.15, -0.1) is 0 Å². The van der Waals surface area contributed by atoms with Gasteiger partial charge < -0.3 is 29.0 Å². The number of aliphatic hydroxyl groups excluding tert-OH is 1. The summed E-state index contributed by atoms with van der Waals surface area (Å²) in [5.74, 6) is -1.15. The van der Waals surface area contributed by atoms with Crippen LogP contribution in [0.25, 0.3) is 20.9 Å². The van der Waals surface area contributed by atoms with Gasteiger partial charge in [0.15, 0.2) is 11.2 Å². The van der Waals surface area contributed by atoms with Crippen LogP contribution in [0.5, 0.6) is 0 Å². The second-order valence-electron chi connectivity index (χ2n) is 17.1. The third kappa shape index (κ3) is 12.5. The number of imidazole rings is 1. The number of carbonyl (C=O) groups is 1. The van der Waals surface area contributed by atoms with E-state index in [-0.39, 0.29) is 60.6 Å². The normalized spacial score (nSPS) is 25.8. The summed E-state index contributed by atoms with van der Waals surface area (Å²) in [6, 6.07) is 0. The van der Waals surface area contributed by atoms with E-state index in [0.29, 0.717) is 6.42 Å². The number of fused-ring (bicyclic) bond motifs is 1. The summed E-state index contributed by atoms with van der Waals surface area (Å²) >= 11 is 0. The number of aryl methyl sites for hydroxylation is 2. The molecule has 0 aromatic carbocycles. The number of rotatable bonds is 22. The monoisotopic (exact) mass is 1050 g/mol. The van der Waals surface area contributed by atoms with Gasteiger partial charge in [0.1, 0.15) is 50.2 Å². The van der Waals surface area contributed by atoms with Crippen LogP contribution in [0.2, 0.25) is 0 Å². The number of phosphoric acid groups is 2. The van der Waals surface area contributed by atoms with E-state index in [1.165, 1.54) is 41.7 Å². The summed E-state index contributed by atoms with van der Waals surface area (Å²) in [5, 5.41) is 13.5. The number of aromatic nitrogens is 8. The van der Waals surface area contributed by atoms with Crippen molar-refractivity contribution in [3.63, 3.8) is 0 Å². The maximum absolute atomic E-state index is 14.7. The van der Waals surface area contributed by atoms with Gasteiger partial charge in [-0.05, 0) is 20.3 Å². The van der Waals surface area contributed by atoms with E-state index in [9.17, 15) is 43.0 Å². The lowest BCUT2D eigenvalue weighted by Gasteiger charge is -2.27. The van der Waals surface area contributed by atoms with Crippen LogP contribution in [0.4, 0.5) is 5.95 Å². The summed E-state index contributed by atoms with van der Waals surface area (Å²) in [6.07, 6.45) is -6.79. The molecule has 3 fully saturated rings. The lowest BCUT2D eigenvalue weighted by Crippen LogP contribution is -2.33. The third-order valence-electron chi connectivity index (χ3n) is 11.6. The zero-order valence-electron chi connectivity index (χ0n) is 39.5. The van der Waals surface area contributed by atoms with Crippen molar-refractivity contribution in [2.24, 2.45) is 5.92 Å².